The molecule has 0 unspecified atom stereocenters. The Kier molecular flexibility index (Phi) is 5.11. The minimum absolute atomic E-state index is 0.0948. The van der Waals surface area contributed by atoms with E-state index in [1.165, 1.54) is 0 Å². The van der Waals surface area contributed by atoms with Gasteiger partial charge in [0.05, 0.1) is 0 Å². The van der Waals surface area contributed by atoms with Crippen LogP contribution in [0.4, 0.5) is 8.78 Å². The van der Waals surface area contributed by atoms with Gasteiger partial charge in [-0.25, -0.2) is 8.78 Å². The maximum atomic E-state index is 13.6. The highest BCUT2D eigenvalue weighted by Gasteiger charge is 2.24. The van der Waals surface area contributed by atoms with Crippen LogP contribution in [0.15, 0.2) is 36.4 Å². The quantitative estimate of drug-likeness (QED) is 0.853. The number of aryl methyl sites for hydroxylation is 1. The second-order valence-electron chi connectivity index (χ2n) is 6.96. The molecule has 26 heavy (non-hydrogen) atoms. The number of nitrogens with one attached hydrogen (secondary N) is 1. The van der Waals surface area contributed by atoms with Crippen LogP contribution in [0.3, 0.4) is 0 Å². The molecule has 0 aromatic heterocycles. The molecule has 4 nitrogen and oxygen atoms in total. The zero-order chi connectivity index (χ0) is 18.7. The SMILES string of the molecule is CC(C)(CNC(=O)CCc1cc(F)ccc1F)c1ccc2c(c1)OCO2. The maximum Gasteiger partial charge on any atom is 0.231 e. The van der Waals surface area contributed by atoms with Crippen LogP contribution in [-0.4, -0.2) is 19.2 Å². The molecule has 0 saturated heterocycles. The maximum absolute atomic E-state index is 13.6. The van der Waals surface area contributed by atoms with Gasteiger partial charge >= 0.3 is 0 Å². The van der Waals surface area contributed by atoms with Crippen molar-refractivity contribution in [3.63, 3.8) is 0 Å². The summed E-state index contributed by atoms with van der Waals surface area (Å²) < 4.78 is 37.5. The molecule has 0 spiro atoms. The second-order valence-corrected chi connectivity index (χ2v) is 6.96. The van der Waals surface area contributed by atoms with Crippen molar-refractivity contribution in [2.24, 2.45) is 0 Å². The molecule has 1 aliphatic rings. The van der Waals surface area contributed by atoms with Crippen LogP contribution >= 0.6 is 0 Å². The highest BCUT2D eigenvalue weighted by atomic mass is 19.1. The van der Waals surface area contributed by atoms with Gasteiger partial charge in [0.1, 0.15) is 11.6 Å². The van der Waals surface area contributed by atoms with Crippen LogP contribution in [0.5, 0.6) is 11.5 Å². The molecule has 0 bridgehead atoms. The molecule has 2 aromatic rings. The van der Waals surface area contributed by atoms with Crippen LogP contribution < -0.4 is 14.8 Å². The van der Waals surface area contributed by atoms with E-state index in [2.05, 4.69) is 5.32 Å². The van der Waals surface area contributed by atoms with Crippen LogP contribution in [0.2, 0.25) is 0 Å². The number of carbonyl (C=O) groups is 1. The van der Waals surface area contributed by atoms with Gasteiger partial charge in [0, 0.05) is 18.4 Å². The summed E-state index contributed by atoms with van der Waals surface area (Å²) in [6.45, 7) is 4.65. The van der Waals surface area contributed by atoms with E-state index < -0.39 is 11.6 Å². The Morgan fingerprint density at radius 1 is 1.12 bits per heavy atom. The minimum Gasteiger partial charge on any atom is -0.454 e. The Balaban J connectivity index is 1.55. The normalized spacial score (nSPS) is 12.9. The monoisotopic (exact) mass is 361 g/mol. The number of rotatable bonds is 6. The molecule has 6 heteroatoms. The number of fused-ring (bicyclic) bond motifs is 1. The fraction of sp³-hybridized carbons (Fsp3) is 0.350. The highest BCUT2D eigenvalue weighted by molar-refractivity contribution is 5.76. The van der Waals surface area contributed by atoms with Crippen molar-refractivity contribution in [2.75, 3.05) is 13.3 Å². The van der Waals surface area contributed by atoms with Gasteiger partial charge in [-0.1, -0.05) is 19.9 Å². The summed E-state index contributed by atoms with van der Waals surface area (Å²) in [5.74, 6) is 0.197. The van der Waals surface area contributed by atoms with Crippen molar-refractivity contribution in [1.29, 1.82) is 0 Å². The van der Waals surface area contributed by atoms with Gasteiger partial charge in [0.2, 0.25) is 12.7 Å². The third kappa shape index (κ3) is 4.12. The van der Waals surface area contributed by atoms with Gasteiger partial charge in [0.25, 0.3) is 0 Å². The Labute approximate surface area is 151 Å². The van der Waals surface area contributed by atoms with Crippen LogP contribution in [-0.2, 0) is 16.6 Å². The van der Waals surface area contributed by atoms with Gasteiger partial charge in [-0.2, -0.15) is 0 Å². The van der Waals surface area contributed by atoms with Gasteiger partial charge in [-0.3, -0.25) is 4.79 Å². The molecule has 0 saturated carbocycles. The summed E-state index contributed by atoms with van der Waals surface area (Å²) in [5, 5.41) is 2.87. The fourth-order valence-corrected chi connectivity index (χ4v) is 2.81. The van der Waals surface area contributed by atoms with Crippen molar-refractivity contribution < 1.29 is 23.0 Å². The highest BCUT2D eigenvalue weighted by Crippen LogP contribution is 2.36. The lowest BCUT2D eigenvalue weighted by atomic mass is 9.84. The molecule has 3 rings (SSSR count). The first-order valence-corrected chi connectivity index (χ1v) is 8.46. The van der Waals surface area contributed by atoms with E-state index in [1.54, 1.807) is 0 Å². The van der Waals surface area contributed by atoms with Crippen molar-refractivity contribution in [2.45, 2.75) is 32.1 Å². The average molecular weight is 361 g/mol. The van der Waals surface area contributed by atoms with Crippen molar-refractivity contribution in [3.05, 3.63) is 59.2 Å². The molecule has 1 heterocycles. The zero-order valence-electron chi connectivity index (χ0n) is 14.8. The van der Waals surface area contributed by atoms with Crippen molar-refractivity contribution in [1.82, 2.24) is 5.32 Å². The van der Waals surface area contributed by atoms with E-state index in [4.69, 9.17) is 9.47 Å². The van der Waals surface area contributed by atoms with E-state index in [0.717, 1.165) is 23.8 Å². The number of hydrogen-bond acceptors (Lipinski definition) is 3. The topological polar surface area (TPSA) is 47.6 Å². The standard InChI is InChI=1S/C20H21F2NO3/c1-20(2,14-4-7-17-18(10-14)26-12-25-17)11-23-19(24)8-3-13-9-15(21)5-6-16(13)22/h4-7,9-10H,3,8,11-12H2,1-2H3,(H,23,24). The molecule has 0 radical (unpaired) electrons. The van der Waals surface area contributed by atoms with Gasteiger partial charge < -0.3 is 14.8 Å². The van der Waals surface area contributed by atoms with Crippen molar-refractivity contribution >= 4 is 5.91 Å². The summed E-state index contributed by atoms with van der Waals surface area (Å²) in [6, 6.07) is 8.98. The van der Waals surface area contributed by atoms with Gasteiger partial charge in [0.15, 0.2) is 11.5 Å². The molecule has 0 fully saturated rings. The van der Waals surface area contributed by atoms with Crippen LogP contribution in [0, 0.1) is 11.6 Å². The third-order valence-corrected chi connectivity index (χ3v) is 4.51. The minimum atomic E-state index is -0.509. The largest absolute Gasteiger partial charge is 0.454 e. The first-order chi connectivity index (χ1) is 12.3. The summed E-state index contributed by atoms with van der Waals surface area (Å²) in [5.41, 5.74) is 0.897. The first kappa shape index (κ1) is 18.2. The number of benzene rings is 2. The Morgan fingerprint density at radius 3 is 2.69 bits per heavy atom. The van der Waals surface area contributed by atoms with Crippen LogP contribution in [0.1, 0.15) is 31.4 Å². The number of halogens is 2. The third-order valence-electron chi connectivity index (χ3n) is 4.51. The van der Waals surface area contributed by atoms with Crippen LogP contribution in [0.25, 0.3) is 0 Å². The lowest BCUT2D eigenvalue weighted by Crippen LogP contribution is -2.36. The van der Waals surface area contributed by atoms with E-state index in [9.17, 15) is 13.6 Å². The molecule has 0 atom stereocenters. The number of amides is 1. The molecular formula is C20H21F2NO3. The lowest BCUT2D eigenvalue weighted by molar-refractivity contribution is -0.121. The average Bonchev–Trinajstić information content (AvgIpc) is 3.08. The Hall–Kier alpha value is -2.63. The van der Waals surface area contributed by atoms with E-state index >= 15 is 0 Å². The summed E-state index contributed by atoms with van der Waals surface area (Å²) >= 11 is 0. The lowest BCUT2D eigenvalue weighted by Gasteiger charge is -2.26. The smallest absolute Gasteiger partial charge is 0.231 e. The zero-order valence-corrected chi connectivity index (χ0v) is 14.8. The number of hydrogen-bond donors (Lipinski definition) is 1. The van der Waals surface area contributed by atoms with E-state index in [1.807, 2.05) is 32.0 Å². The molecular weight excluding hydrogens is 340 g/mol. The second kappa shape index (κ2) is 7.32. The number of carbonyl (C=O) groups excluding carboxylic acids is 1. The molecule has 0 aliphatic carbocycles. The Bertz CT molecular complexity index is 821. The predicted molar refractivity (Wildman–Crippen MR) is 93.3 cm³/mol. The summed E-state index contributed by atoms with van der Waals surface area (Å²) in [6.07, 6.45) is 0.247. The summed E-state index contributed by atoms with van der Waals surface area (Å²) in [7, 11) is 0. The summed E-state index contributed by atoms with van der Waals surface area (Å²) in [4.78, 5) is 12.1. The van der Waals surface area contributed by atoms with E-state index in [0.29, 0.717) is 18.0 Å². The van der Waals surface area contributed by atoms with Gasteiger partial charge in [-0.05, 0) is 47.9 Å². The fourth-order valence-electron chi connectivity index (χ4n) is 2.81. The molecule has 2 aromatic carbocycles. The molecule has 1 aliphatic heterocycles. The van der Waals surface area contributed by atoms with E-state index in [-0.39, 0.29) is 36.5 Å². The van der Waals surface area contributed by atoms with Crippen molar-refractivity contribution in [3.8, 4) is 11.5 Å². The van der Waals surface area contributed by atoms with Gasteiger partial charge in [-0.15, -0.1) is 0 Å². The molecule has 138 valence electrons. The molecule has 1 amide bonds. The Morgan fingerprint density at radius 2 is 1.88 bits per heavy atom. The molecule has 1 N–H and O–H groups in total. The first-order valence-electron chi connectivity index (χ1n) is 8.46. The predicted octanol–water partition coefficient (Wildman–Crippen LogP) is 3.72. The number of ether oxygens (including phenoxy) is 2.